The lowest BCUT2D eigenvalue weighted by Crippen LogP contribution is -2.37. The summed E-state index contributed by atoms with van der Waals surface area (Å²) in [5.74, 6) is 0. The molecule has 60 valence electrons. The zero-order valence-corrected chi connectivity index (χ0v) is 7.68. The lowest BCUT2D eigenvalue weighted by molar-refractivity contribution is -0.521. The molecule has 0 aliphatic heterocycles. The Morgan fingerprint density at radius 2 is 2.00 bits per heavy atom. The highest BCUT2D eigenvalue weighted by molar-refractivity contribution is 5.12. The molecule has 1 heterocycles. The van der Waals surface area contributed by atoms with Crippen LogP contribution in [0.1, 0.15) is 18.3 Å². The van der Waals surface area contributed by atoms with E-state index in [1.54, 1.807) is 0 Å². The lowest BCUT2D eigenvalue weighted by Gasteiger charge is -1.83. The monoisotopic (exact) mass is 151 g/mol. The van der Waals surface area contributed by atoms with Crippen LogP contribution in [-0.2, 0) is 7.05 Å². The predicted octanol–water partition coefficient (Wildman–Crippen LogP) is 0.370. The molecule has 0 fully saturated rings. The minimum absolute atomic E-state index is 1.15. The van der Waals surface area contributed by atoms with Crippen LogP contribution in [0.5, 0.6) is 0 Å². The topological polar surface area (TPSA) is 10.8 Å². The number of rotatable bonds is 0. The van der Waals surface area contributed by atoms with Crippen LogP contribution in [0.25, 0.3) is 6.08 Å². The first-order chi connectivity index (χ1) is 5.09. The fraction of sp³-hybridized carbons (Fsp3) is 0.444. The Balaban J connectivity index is 3.78. The van der Waals surface area contributed by atoms with Crippen LogP contribution in [0.4, 0.5) is 0 Å². The van der Waals surface area contributed by atoms with Gasteiger partial charge in [0.05, 0.1) is 13.8 Å². The Morgan fingerprint density at radius 3 is 2.18 bits per heavy atom. The zero-order chi connectivity index (χ0) is 8.59. The van der Waals surface area contributed by atoms with Gasteiger partial charge in [-0.05, 0) is 6.92 Å². The maximum absolute atomic E-state index is 3.94. The van der Waals surface area contributed by atoms with Gasteiger partial charge < -0.3 is 0 Å². The van der Waals surface area contributed by atoms with Crippen LogP contribution >= 0.6 is 0 Å². The van der Waals surface area contributed by atoms with Crippen LogP contribution in [0, 0.1) is 20.6 Å². The van der Waals surface area contributed by atoms with Gasteiger partial charge in [0.2, 0.25) is 0 Å². The highest BCUT2D eigenvalue weighted by Crippen LogP contribution is 1.93. The van der Waals surface area contributed by atoms with Crippen LogP contribution in [0.15, 0.2) is 0 Å². The second kappa shape index (κ2) is 2.53. The molecule has 0 aliphatic rings. The summed E-state index contributed by atoms with van der Waals surface area (Å²) in [5.41, 5.74) is 3.65. The largest absolute Gasteiger partial charge is 0.281 e. The SMILES string of the molecule is C=[n+]1c(C)c(C)n(C)/c1=C\C. The van der Waals surface area contributed by atoms with Gasteiger partial charge in [-0.25, -0.2) is 8.81 Å². The van der Waals surface area contributed by atoms with E-state index >= 15 is 0 Å². The van der Waals surface area contributed by atoms with E-state index in [0.29, 0.717) is 0 Å². The third kappa shape index (κ3) is 0.985. The number of aromatic nitrogens is 2. The smallest absolute Gasteiger partial charge is 0.230 e. The Labute approximate surface area is 67.1 Å². The molecule has 1 aromatic rings. The molecule has 0 radical (unpaired) electrons. The molecule has 0 bridgehead atoms. The molecule has 0 unspecified atom stereocenters. The molecule has 0 saturated heterocycles. The standard InChI is InChI=1S/C9H15N2/c1-6-9-10(4)7(2)8(3)11(9)5/h6H,4H2,1-3,5H3/q+1/b9-6-. The van der Waals surface area contributed by atoms with Crippen molar-refractivity contribution in [3.8, 4) is 0 Å². The fourth-order valence-corrected chi connectivity index (χ4v) is 1.31. The molecule has 1 aromatic heterocycles. The maximum atomic E-state index is 3.94. The van der Waals surface area contributed by atoms with Gasteiger partial charge in [-0.2, -0.15) is 0 Å². The molecule has 2 nitrogen and oxygen atoms in total. The number of hydrogen-bond donors (Lipinski definition) is 0. The van der Waals surface area contributed by atoms with Crippen LogP contribution < -0.4 is 9.72 Å². The second-order valence-corrected chi connectivity index (χ2v) is 2.80. The summed E-state index contributed by atoms with van der Waals surface area (Å²) in [6, 6.07) is 0. The summed E-state index contributed by atoms with van der Waals surface area (Å²) in [4.78, 5) is 0. The number of imidazole rings is 1. The summed E-state index contributed by atoms with van der Waals surface area (Å²) in [6.45, 7) is 10.1. The maximum Gasteiger partial charge on any atom is 0.281 e. The fourth-order valence-electron chi connectivity index (χ4n) is 1.31. The van der Waals surface area contributed by atoms with Gasteiger partial charge >= 0.3 is 0 Å². The van der Waals surface area contributed by atoms with Crippen molar-refractivity contribution >= 4 is 6.08 Å². The minimum atomic E-state index is 1.15. The van der Waals surface area contributed by atoms with Crippen molar-refractivity contribution in [2.45, 2.75) is 20.8 Å². The van der Waals surface area contributed by atoms with Crippen molar-refractivity contribution in [1.82, 2.24) is 4.57 Å². The number of hydrogen-bond acceptors (Lipinski definition) is 0. The van der Waals surface area contributed by atoms with E-state index < -0.39 is 0 Å². The van der Waals surface area contributed by atoms with Crippen molar-refractivity contribution in [2.75, 3.05) is 0 Å². The van der Waals surface area contributed by atoms with Crippen LogP contribution in [0.2, 0.25) is 0 Å². The summed E-state index contributed by atoms with van der Waals surface area (Å²) in [6.07, 6.45) is 2.06. The molecule has 0 saturated carbocycles. The van der Waals surface area contributed by atoms with Crippen molar-refractivity contribution in [1.29, 1.82) is 0 Å². The average Bonchev–Trinajstić information content (AvgIpc) is 2.17. The molecule has 0 atom stereocenters. The molecule has 0 N–H and O–H groups in total. The molecule has 2 heteroatoms. The average molecular weight is 151 g/mol. The summed E-state index contributed by atoms with van der Waals surface area (Å²) in [7, 11) is 2.05. The Hall–Kier alpha value is -1.05. The molecule has 0 aromatic carbocycles. The predicted molar refractivity (Wildman–Crippen MR) is 45.6 cm³/mol. The van der Waals surface area contributed by atoms with E-state index in [1.807, 2.05) is 11.2 Å². The zero-order valence-electron chi connectivity index (χ0n) is 7.68. The van der Waals surface area contributed by atoms with Gasteiger partial charge in [0.25, 0.3) is 5.48 Å². The van der Waals surface area contributed by atoms with Crippen LogP contribution in [-0.4, -0.2) is 4.57 Å². The second-order valence-electron chi connectivity index (χ2n) is 2.80. The third-order valence-corrected chi connectivity index (χ3v) is 2.31. The van der Waals surface area contributed by atoms with Gasteiger partial charge in [-0.1, -0.05) is 0 Å². The molecule has 0 spiro atoms. The van der Waals surface area contributed by atoms with E-state index in [1.165, 1.54) is 11.4 Å². The third-order valence-electron chi connectivity index (χ3n) is 2.31. The van der Waals surface area contributed by atoms with Gasteiger partial charge in [-0.3, -0.25) is 0 Å². The van der Waals surface area contributed by atoms with Gasteiger partial charge in [0, 0.05) is 19.9 Å². The summed E-state index contributed by atoms with van der Waals surface area (Å²) in [5, 5.41) is 0. The molecule has 1 rings (SSSR count). The first-order valence-electron chi connectivity index (χ1n) is 3.77. The first kappa shape index (κ1) is 8.05. The minimum Gasteiger partial charge on any atom is -0.230 e. The quantitative estimate of drug-likeness (QED) is 0.474. The van der Waals surface area contributed by atoms with Crippen molar-refractivity contribution < 1.29 is 4.24 Å². The van der Waals surface area contributed by atoms with Gasteiger partial charge in [-0.15, -0.1) is 0 Å². The molecular formula is C9H15N2+. The van der Waals surface area contributed by atoms with Crippen molar-refractivity contribution in [2.24, 2.45) is 7.05 Å². The van der Waals surface area contributed by atoms with E-state index in [9.17, 15) is 0 Å². The van der Waals surface area contributed by atoms with Gasteiger partial charge in [0.15, 0.2) is 0 Å². The van der Waals surface area contributed by atoms with E-state index in [0.717, 1.165) is 5.48 Å². The lowest BCUT2D eigenvalue weighted by atomic mass is 10.4. The molecule has 11 heavy (non-hydrogen) atoms. The van der Waals surface area contributed by atoms with Crippen molar-refractivity contribution in [3.63, 3.8) is 0 Å². The first-order valence-corrected chi connectivity index (χ1v) is 3.77. The van der Waals surface area contributed by atoms with Crippen LogP contribution in [0.3, 0.4) is 0 Å². The van der Waals surface area contributed by atoms with E-state index in [2.05, 4.69) is 38.3 Å². The van der Waals surface area contributed by atoms with E-state index in [4.69, 9.17) is 0 Å². The summed E-state index contributed by atoms with van der Waals surface area (Å²) >= 11 is 0. The highest BCUT2D eigenvalue weighted by atomic mass is 15.1. The Kier molecular flexibility index (Phi) is 1.85. The van der Waals surface area contributed by atoms with E-state index in [-0.39, 0.29) is 0 Å². The highest BCUT2D eigenvalue weighted by Gasteiger charge is 2.09. The molecule has 0 aliphatic carbocycles. The Bertz CT molecular complexity index is 371. The summed E-state index contributed by atoms with van der Waals surface area (Å²) < 4.78 is 4.09. The molecular weight excluding hydrogens is 136 g/mol. The normalized spacial score (nSPS) is 12.5. The van der Waals surface area contributed by atoms with Gasteiger partial charge in [0.1, 0.15) is 11.4 Å². The number of nitrogens with zero attached hydrogens (tertiary/aromatic N) is 2. The Morgan fingerprint density at radius 1 is 1.45 bits per heavy atom. The van der Waals surface area contributed by atoms with Crippen molar-refractivity contribution in [3.05, 3.63) is 23.6 Å². The molecule has 0 amide bonds.